The van der Waals surface area contributed by atoms with E-state index in [-0.39, 0.29) is 36.6 Å². The van der Waals surface area contributed by atoms with Gasteiger partial charge in [0.2, 0.25) is 0 Å². The summed E-state index contributed by atoms with van der Waals surface area (Å²) in [6.45, 7) is 11.0. The van der Waals surface area contributed by atoms with Crippen molar-refractivity contribution in [2.45, 2.75) is 72.5 Å². The summed E-state index contributed by atoms with van der Waals surface area (Å²) >= 11 is 0. The first kappa shape index (κ1) is 39.8. The van der Waals surface area contributed by atoms with Gasteiger partial charge in [0.05, 0.1) is 45.0 Å². The van der Waals surface area contributed by atoms with Crippen molar-refractivity contribution >= 4 is 11.9 Å². The third-order valence-corrected chi connectivity index (χ3v) is 7.77. The lowest BCUT2D eigenvalue weighted by Crippen LogP contribution is -2.09. The molecule has 7 heteroatoms. The van der Waals surface area contributed by atoms with Crippen LogP contribution in [0.25, 0.3) is 0 Å². The second-order valence-corrected chi connectivity index (χ2v) is 11.4. The highest BCUT2D eigenvalue weighted by molar-refractivity contribution is 5.72. The van der Waals surface area contributed by atoms with Gasteiger partial charge in [-0.25, -0.2) is 0 Å². The van der Waals surface area contributed by atoms with Crippen molar-refractivity contribution in [3.8, 4) is 40.9 Å². The summed E-state index contributed by atoms with van der Waals surface area (Å²) in [5.74, 6) is 13.5. The Balaban J connectivity index is 0.000000276. The van der Waals surface area contributed by atoms with Crippen molar-refractivity contribution in [1.82, 2.24) is 0 Å². The number of carbonyl (C=O) groups is 2. The molecule has 7 nitrogen and oxygen atoms in total. The number of rotatable bonds is 15. The van der Waals surface area contributed by atoms with E-state index in [1.807, 2.05) is 84.9 Å². The molecule has 0 N–H and O–H groups in total. The smallest absolute Gasteiger partial charge is 0.307 e. The van der Waals surface area contributed by atoms with Gasteiger partial charge < -0.3 is 23.7 Å². The lowest BCUT2D eigenvalue weighted by atomic mass is 9.96. The lowest BCUT2D eigenvalue weighted by molar-refractivity contribution is -0.144. The SMILES string of the molecule is CC#CC(CC(=O)OCC)c1ccc(OCc2ccc(OC)cc2)cc1.CC#CC(CC(=O)OCC)c1ccc(OCc2ccccc2C)cc1. The van der Waals surface area contributed by atoms with E-state index in [4.69, 9.17) is 23.7 Å². The zero-order valence-corrected chi connectivity index (χ0v) is 30.5. The van der Waals surface area contributed by atoms with E-state index >= 15 is 0 Å². The summed E-state index contributed by atoms with van der Waals surface area (Å²) in [5.41, 5.74) is 5.41. The summed E-state index contributed by atoms with van der Waals surface area (Å²) in [6.07, 6.45) is 0.513. The molecule has 0 radical (unpaired) electrons. The third-order valence-electron chi connectivity index (χ3n) is 7.77. The molecule has 0 aromatic heterocycles. The summed E-state index contributed by atoms with van der Waals surface area (Å²) in [6, 6.07) is 31.4. The predicted molar refractivity (Wildman–Crippen MR) is 201 cm³/mol. The van der Waals surface area contributed by atoms with Crippen LogP contribution < -0.4 is 14.2 Å². The molecule has 0 amide bonds. The monoisotopic (exact) mass is 688 g/mol. The Labute approximate surface area is 303 Å². The minimum atomic E-state index is -0.236. The van der Waals surface area contributed by atoms with Crippen LogP contribution >= 0.6 is 0 Å². The Morgan fingerprint density at radius 1 is 0.608 bits per heavy atom. The summed E-state index contributed by atoms with van der Waals surface area (Å²) in [7, 11) is 1.64. The average molecular weight is 689 g/mol. The number of carbonyl (C=O) groups excluding carboxylic acids is 2. The molecular formula is C44H48O7. The Morgan fingerprint density at radius 3 is 1.49 bits per heavy atom. The standard InChI is InChI=1S/C22H24O4.C22H24O3/c1-4-6-19(15-22(23)25-5-2)18-9-13-21(14-10-18)26-16-17-7-11-20(24-3)12-8-17;1-4-8-19(15-22(23)24-5-2)18-11-13-21(14-12-18)25-16-20-10-7-6-9-17(20)3/h7-14,19H,5,15-16H2,1-3H3;6-7,9-14,19H,5,15-16H2,1-3H3. The van der Waals surface area contributed by atoms with Crippen LogP contribution in [0.3, 0.4) is 0 Å². The zero-order valence-electron chi connectivity index (χ0n) is 30.5. The quantitative estimate of drug-likeness (QED) is 0.0911. The number of hydrogen-bond acceptors (Lipinski definition) is 7. The van der Waals surface area contributed by atoms with Crippen LogP contribution in [-0.2, 0) is 32.3 Å². The van der Waals surface area contributed by atoms with Gasteiger partial charge in [0, 0.05) is 0 Å². The molecule has 0 aliphatic carbocycles. The first-order valence-corrected chi connectivity index (χ1v) is 17.1. The fourth-order valence-electron chi connectivity index (χ4n) is 5.04. The average Bonchev–Trinajstić information content (AvgIpc) is 3.14. The molecule has 4 aromatic rings. The number of esters is 2. The highest BCUT2D eigenvalue weighted by Crippen LogP contribution is 2.25. The molecule has 0 heterocycles. The summed E-state index contributed by atoms with van der Waals surface area (Å²) in [5, 5.41) is 0. The van der Waals surface area contributed by atoms with Gasteiger partial charge in [0.1, 0.15) is 30.5 Å². The van der Waals surface area contributed by atoms with Gasteiger partial charge >= 0.3 is 11.9 Å². The van der Waals surface area contributed by atoms with Gasteiger partial charge in [-0.1, -0.05) is 72.5 Å². The molecule has 0 spiro atoms. The fraction of sp³-hybridized carbons (Fsp3) is 0.318. The van der Waals surface area contributed by atoms with Crippen molar-refractivity contribution in [3.63, 3.8) is 0 Å². The molecule has 51 heavy (non-hydrogen) atoms. The van der Waals surface area contributed by atoms with Gasteiger partial charge in [0.15, 0.2) is 0 Å². The summed E-state index contributed by atoms with van der Waals surface area (Å²) in [4.78, 5) is 23.5. The van der Waals surface area contributed by atoms with Crippen molar-refractivity contribution < 1.29 is 33.3 Å². The maximum atomic E-state index is 11.8. The number of aryl methyl sites for hydroxylation is 1. The van der Waals surface area contributed by atoms with Crippen molar-refractivity contribution in [3.05, 3.63) is 125 Å². The van der Waals surface area contributed by atoms with Gasteiger partial charge in [-0.15, -0.1) is 11.8 Å². The summed E-state index contributed by atoms with van der Waals surface area (Å²) < 4.78 is 26.9. The number of benzene rings is 4. The highest BCUT2D eigenvalue weighted by Gasteiger charge is 2.16. The van der Waals surface area contributed by atoms with Crippen LogP contribution in [0.4, 0.5) is 0 Å². The van der Waals surface area contributed by atoms with E-state index in [2.05, 4.69) is 42.7 Å². The predicted octanol–water partition coefficient (Wildman–Crippen LogP) is 8.97. The number of methoxy groups -OCH3 is 1. The molecule has 4 rings (SSSR count). The normalized spacial score (nSPS) is 11.1. The maximum absolute atomic E-state index is 11.8. The Bertz CT molecular complexity index is 1770. The molecule has 0 saturated carbocycles. The molecule has 0 fully saturated rings. The second kappa shape index (κ2) is 22.1. The molecule has 0 bridgehead atoms. The van der Waals surface area contributed by atoms with Crippen molar-refractivity contribution in [2.24, 2.45) is 0 Å². The van der Waals surface area contributed by atoms with E-state index in [0.29, 0.717) is 26.4 Å². The van der Waals surface area contributed by atoms with Crippen LogP contribution in [0.2, 0.25) is 0 Å². The topological polar surface area (TPSA) is 80.3 Å². The molecule has 4 aromatic carbocycles. The Morgan fingerprint density at radius 2 is 1.06 bits per heavy atom. The minimum Gasteiger partial charge on any atom is -0.497 e. The molecular weight excluding hydrogens is 640 g/mol. The van der Waals surface area contributed by atoms with Crippen LogP contribution in [0, 0.1) is 30.6 Å². The Hall–Kier alpha value is -5.66. The van der Waals surface area contributed by atoms with Crippen molar-refractivity contribution in [2.75, 3.05) is 20.3 Å². The molecule has 266 valence electrons. The van der Waals surface area contributed by atoms with Gasteiger partial charge in [-0.05, 0) is 98.8 Å². The molecule has 2 unspecified atom stereocenters. The highest BCUT2D eigenvalue weighted by atomic mass is 16.5. The van der Waals surface area contributed by atoms with Gasteiger partial charge in [-0.2, -0.15) is 0 Å². The van der Waals surface area contributed by atoms with Gasteiger partial charge in [0.25, 0.3) is 0 Å². The maximum Gasteiger partial charge on any atom is 0.307 e. The van der Waals surface area contributed by atoms with E-state index in [9.17, 15) is 9.59 Å². The lowest BCUT2D eigenvalue weighted by Gasteiger charge is -2.12. The zero-order chi connectivity index (χ0) is 36.8. The first-order chi connectivity index (χ1) is 24.8. The Kier molecular flexibility index (Phi) is 17.3. The van der Waals surface area contributed by atoms with Gasteiger partial charge in [-0.3, -0.25) is 9.59 Å². The van der Waals surface area contributed by atoms with Crippen LogP contribution in [0.15, 0.2) is 97.1 Å². The molecule has 0 saturated heterocycles. The minimum absolute atomic E-state index is 0.158. The largest absolute Gasteiger partial charge is 0.497 e. The molecule has 0 aliphatic rings. The van der Waals surface area contributed by atoms with E-state index in [1.165, 1.54) is 11.1 Å². The molecule has 2 atom stereocenters. The van der Waals surface area contributed by atoms with E-state index in [1.54, 1.807) is 34.8 Å². The second-order valence-electron chi connectivity index (χ2n) is 11.4. The fourth-order valence-corrected chi connectivity index (χ4v) is 5.04. The van der Waals surface area contributed by atoms with Crippen molar-refractivity contribution in [1.29, 1.82) is 0 Å². The van der Waals surface area contributed by atoms with Crippen LogP contribution in [-0.4, -0.2) is 32.3 Å². The van der Waals surface area contributed by atoms with E-state index in [0.717, 1.165) is 33.9 Å². The van der Waals surface area contributed by atoms with Crippen LogP contribution in [0.1, 0.15) is 80.2 Å². The van der Waals surface area contributed by atoms with Crippen LogP contribution in [0.5, 0.6) is 17.2 Å². The first-order valence-electron chi connectivity index (χ1n) is 17.1. The van der Waals surface area contributed by atoms with E-state index < -0.39 is 0 Å². The third kappa shape index (κ3) is 14.0. The number of ether oxygens (including phenoxy) is 5. The number of hydrogen-bond donors (Lipinski definition) is 0. The molecule has 0 aliphatic heterocycles.